The predicted octanol–water partition coefficient (Wildman–Crippen LogP) is 5.32. The molecule has 0 bridgehead atoms. The van der Waals surface area contributed by atoms with E-state index >= 15 is 0 Å². The number of carbonyl (C=O) groups excluding carboxylic acids is 1. The van der Waals surface area contributed by atoms with E-state index in [-0.39, 0.29) is 23.8 Å². The van der Waals surface area contributed by atoms with E-state index in [1.165, 1.54) is 18.3 Å². The van der Waals surface area contributed by atoms with Gasteiger partial charge in [-0.05, 0) is 43.0 Å². The van der Waals surface area contributed by atoms with Gasteiger partial charge in [0.05, 0.1) is 18.7 Å². The van der Waals surface area contributed by atoms with Gasteiger partial charge in [-0.25, -0.2) is 14.8 Å². The predicted molar refractivity (Wildman–Crippen MR) is 105 cm³/mol. The van der Waals surface area contributed by atoms with Crippen LogP contribution in [0.2, 0.25) is 0 Å². The quantitative estimate of drug-likeness (QED) is 0.546. The molecule has 0 aliphatic carbocycles. The van der Waals surface area contributed by atoms with Crippen molar-refractivity contribution in [1.29, 1.82) is 0 Å². The lowest BCUT2D eigenvalue weighted by Gasteiger charge is -2.12. The highest BCUT2D eigenvalue weighted by atomic mass is 32.1. The first-order valence-electron chi connectivity index (χ1n) is 8.78. The third-order valence-electron chi connectivity index (χ3n) is 4.14. The summed E-state index contributed by atoms with van der Waals surface area (Å²) >= 11 is 1.57. The third kappa shape index (κ3) is 4.92. The van der Waals surface area contributed by atoms with E-state index in [1.807, 2.05) is 18.4 Å². The summed E-state index contributed by atoms with van der Waals surface area (Å²) < 4.78 is 43.4. The van der Waals surface area contributed by atoms with Gasteiger partial charge in [0.2, 0.25) is 0 Å². The molecule has 29 heavy (non-hydrogen) atoms. The Bertz CT molecular complexity index is 1000. The zero-order valence-corrected chi connectivity index (χ0v) is 16.5. The van der Waals surface area contributed by atoms with Crippen LogP contribution in [0.5, 0.6) is 0 Å². The number of aromatic nitrogens is 2. The van der Waals surface area contributed by atoms with E-state index in [1.54, 1.807) is 18.3 Å². The molecule has 0 spiro atoms. The van der Waals surface area contributed by atoms with Crippen molar-refractivity contribution in [1.82, 2.24) is 9.97 Å². The van der Waals surface area contributed by atoms with Crippen molar-refractivity contribution >= 4 is 23.1 Å². The van der Waals surface area contributed by atoms with Crippen LogP contribution >= 0.6 is 11.3 Å². The van der Waals surface area contributed by atoms with E-state index < -0.39 is 17.7 Å². The van der Waals surface area contributed by atoms with Crippen LogP contribution in [0.3, 0.4) is 0 Å². The molecule has 3 rings (SSSR count). The van der Waals surface area contributed by atoms with Crippen LogP contribution in [-0.2, 0) is 17.5 Å². The summed E-state index contributed by atoms with van der Waals surface area (Å²) in [4.78, 5) is 21.8. The Hall–Kier alpha value is -2.94. The Morgan fingerprint density at radius 1 is 1.21 bits per heavy atom. The SMILES string of the molecule is CCOC(=O)c1cnc(-c2ccc(C(F)(F)F)cc2)nc1NCc1sccc1C. The van der Waals surface area contributed by atoms with Gasteiger partial charge >= 0.3 is 12.1 Å². The van der Waals surface area contributed by atoms with Crippen molar-refractivity contribution in [3.8, 4) is 11.4 Å². The van der Waals surface area contributed by atoms with Crippen molar-refractivity contribution in [2.75, 3.05) is 11.9 Å². The molecule has 0 aliphatic rings. The molecule has 0 saturated carbocycles. The summed E-state index contributed by atoms with van der Waals surface area (Å²) in [6, 6.07) is 6.53. The van der Waals surface area contributed by atoms with E-state index in [9.17, 15) is 18.0 Å². The molecule has 0 atom stereocenters. The molecule has 152 valence electrons. The number of hydrogen-bond donors (Lipinski definition) is 1. The van der Waals surface area contributed by atoms with E-state index in [0.717, 1.165) is 22.6 Å². The molecule has 1 N–H and O–H groups in total. The summed E-state index contributed by atoms with van der Waals surface area (Å²) in [6.07, 6.45) is -3.10. The Labute approximate surface area is 169 Å². The monoisotopic (exact) mass is 421 g/mol. The van der Waals surface area contributed by atoms with Crippen LogP contribution in [0, 0.1) is 6.92 Å². The maximum atomic E-state index is 12.8. The molecular formula is C20H18F3N3O2S. The number of aryl methyl sites for hydroxylation is 1. The van der Waals surface area contributed by atoms with Crippen molar-refractivity contribution in [3.05, 3.63) is 63.5 Å². The van der Waals surface area contributed by atoms with Gasteiger partial charge in [0.1, 0.15) is 11.4 Å². The minimum Gasteiger partial charge on any atom is -0.462 e. The molecule has 0 fully saturated rings. The summed E-state index contributed by atoms with van der Waals surface area (Å²) in [5.74, 6) is -0.102. The van der Waals surface area contributed by atoms with Gasteiger partial charge in [-0.1, -0.05) is 12.1 Å². The first-order valence-corrected chi connectivity index (χ1v) is 9.66. The lowest BCUT2D eigenvalue weighted by atomic mass is 10.1. The fourth-order valence-corrected chi connectivity index (χ4v) is 3.42. The van der Waals surface area contributed by atoms with Gasteiger partial charge in [-0.15, -0.1) is 11.3 Å². The highest BCUT2D eigenvalue weighted by Crippen LogP contribution is 2.30. The molecule has 9 heteroatoms. The number of rotatable bonds is 6. The number of alkyl halides is 3. The van der Waals surface area contributed by atoms with E-state index in [4.69, 9.17) is 4.74 Å². The fraction of sp³-hybridized carbons (Fsp3) is 0.250. The molecule has 1 aromatic carbocycles. The Morgan fingerprint density at radius 2 is 1.93 bits per heavy atom. The Morgan fingerprint density at radius 3 is 2.52 bits per heavy atom. The van der Waals surface area contributed by atoms with Gasteiger partial charge in [0.25, 0.3) is 0 Å². The zero-order valence-electron chi connectivity index (χ0n) is 15.7. The average molecular weight is 421 g/mol. The van der Waals surface area contributed by atoms with Crippen LogP contribution in [0.25, 0.3) is 11.4 Å². The molecule has 0 unspecified atom stereocenters. The maximum absolute atomic E-state index is 12.8. The highest BCUT2D eigenvalue weighted by molar-refractivity contribution is 7.10. The largest absolute Gasteiger partial charge is 0.462 e. The lowest BCUT2D eigenvalue weighted by molar-refractivity contribution is -0.137. The number of nitrogens with one attached hydrogen (secondary N) is 1. The summed E-state index contributed by atoms with van der Waals surface area (Å²) in [5, 5.41) is 5.08. The first kappa shape index (κ1) is 20.8. The number of carbonyl (C=O) groups is 1. The number of anilines is 1. The molecule has 0 saturated heterocycles. The van der Waals surface area contributed by atoms with Crippen LogP contribution in [-0.4, -0.2) is 22.5 Å². The average Bonchev–Trinajstić information content (AvgIpc) is 3.10. The van der Waals surface area contributed by atoms with Crippen molar-refractivity contribution in [2.45, 2.75) is 26.6 Å². The number of ether oxygens (including phenoxy) is 1. The smallest absolute Gasteiger partial charge is 0.416 e. The zero-order chi connectivity index (χ0) is 21.0. The third-order valence-corrected chi connectivity index (χ3v) is 5.16. The normalized spacial score (nSPS) is 11.3. The topological polar surface area (TPSA) is 64.1 Å². The van der Waals surface area contributed by atoms with Crippen molar-refractivity contribution in [3.63, 3.8) is 0 Å². The number of nitrogens with zero attached hydrogens (tertiary/aromatic N) is 2. The van der Waals surface area contributed by atoms with Crippen LogP contribution in [0.15, 0.2) is 41.9 Å². The fourth-order valence-electron chi connectivity index (χ4n) is 2.57. The summed E-state index contributed by atoms with van der Waals surface area (Å²) in [5.41, 5.74) is 0.925. The second-order valence-electron chi connectivity index (χ2n) is 6.13. The van der Waals surface area contributed by atoms with E-state index in [2.05, 4.69) is 15.3 Å². The van der Waals surface area contributed by atoms with Crippen LogP contribution in [0.1, 0.15) is 33.3 Å². The van der Waals surface area contributed by atoms with Crippen molar-refractivity contribution in [2.24, 2.45) is 0 Å². The first-order chi connectivity index (χ1) is 13.8. The maximum Gasteiger partial charge on any atom is 0.416 e. The molecule has 5 nitrogen and oxygen atoms in total. The molecule has 0 aliphatic heterocycles. The van der Waals surface area contributed by atoms with Crippen LogP contribution in [0.4, 0.5) is 19.0 Å². The highest BCUT2D eigenvalue weighted by Gasteiger charge is 2.30. The minimum atomic E-state index is -4.42. The molecular weight excluding hydrogens is 403 g/mol. The van der Waals surface area contributed by atoms with Gasteiger partial charge in [0.15, 0.2) is 5.82 Å². The summed E-state index contributed by atoms with van der Waals surface area (Å²) in [6.45, 7) is 4.31. The van der Waals surface area contributed by atoms with Gasteiger partial charge in [-0.3, -0.25) is 0 Å². The molecule has 2 heterocycles. The number of hydrogen-bond acceptors (Lipinski definition) is 6. The second-order valence-corrected chi connectivity index (χ2v) is 7.13. The minimum absolute atomic E-state index is 0.164. The van der Waals surface area contributed by atoms with Gasteiger partial charge < -0.3 is 10.1 Å². The van der Waals surface area contributed by atoms with Crippen molar-refractivity contribution < 1.29 is 22.7 Å². The molecule has 0 radical (unpaired) electrons. The number of thiophene rings is 1. The Balaban J connectivity index is 1.92. The second kappa shape index (κ2) is 8.60. The molecule has 2 aromatic heterocycles. The molecule has 3 aromatic rings. The molecule has 0 amide bonds. The number of benzene rings is 1. The summed E-state index contributed by atoms with van der Waals surface area (Å²) in [7, 11) is 0. The standard InChI is InChI=1S/C20H18F3N3O2S/c1-3-28-19(27)15-10-24-17(13-4-6-14(7-5-13)20(21,22)23)26-18(15)25-11-16-12(2)8-9-29-16/h4-10H,3,11H2,1-2H3,(H,24,25,26). The number of esters is 1. The van der Waals surface area contributed by atoms with Gasteiger partial charge in [-0.2, -0.15) is 13.2 Å². The Kier molecular flexibility index (Phi) is 6.17. The van der Waals surface area contributed by atoms with Crippen LogP contribution < -0.4 is 5.32 Å². The number of halogens is 3. The van der Waals surface area contributed by atoms with Gasteiger partial charge in [0, 0.05) is 16.6 Å². The lowest BCUT2D eigenvalue weighted by Crippen LogP contribution is -2.13. The van der Waals surface area contributed by atoms with E-state index in [0.29, 0.717) is 12.1 Å².